The Labute approximate surface area is 130 Å². The lowest BCUT2D eigenvalue weighted by molar-refractivity contribution is -0.114. The van der Waals surface area contributed by atoms with E-state index >= 15 is 0 Å². The smallest absolute Gasteiger partial charge is 0.243 e. The number of hydrogen-bond acceptors (Lipinski definition) is 3. The molecule has 0 aliphatic heterocycles. The first-order valence-electron chi connectivity index (χ1n) is 7.12. The van der Waals surface area contributed by atoms with Crippen LogP contribution in [0.1, 0.15) is 22.3 Å². The second-order valence-electron chi connectivity index (χ2n) is 5.33. The SMILES string of the molecule is Cc1cc(C)c(NC(=O)CNc2ccccc2C#N)c(C)c1. The second kappa shape index (κ2) is 6.77. The highest BCUT2D eigenvalue weighted by Gasteiger charge is 2.09. The van der Waals surface area contributed by atoms with Gasteiger partial charge in [-0.2, -0.15) is 5.26 Å². The molecule has 2 aromatic carbocycles. The molecule has 0 radical (unpaired) electrons. The Kier molecular flexibility index (Phi) is 4.80. The van der Waals surface area contributed by atoms with Crippen LogP contribution < -0.4 is 10.6 Å². The fourth-order valence-corrected chi connectivity index (χ4v) is 2.47. The van der Waals surface area contributed by atoms with Crippen molar-refractivity contribution in [2.75, 3.05) is 17.2 Å². The summed E-state index contributed by atoms with van der Waals surface area (Å²) >= 11 is 0. The van der Waals surface area contributed by atoms with Crippen molar-refractivity contribution in [2.24, 2.45) is 0 Å². The molecule has 0 fully saturated rings. The number of amides is 1. The molecule has 4 nitrogen and oxygen atoms in total. The van der Waals surface area contributed by atoms with E-state index in [1.807, 2.05) is 39.0 Å². The van der Waals surface area contributed by atoms with E-state index in [-0.39, 0.29) is 12.5 Å². The highest BCUT2D eigenvalue weighted by atomic mass is 16.1. The molecular weight excluding hydrogens is 274 g/mol. The van der Waals surface area contributed by atoms with Crippen molar-refractivity contribution in [1.29, 1.82) is 5.26 Å². The maximum Gasteiger partial charge on any atom is 0.243 e. The number of anilines is 2. The molecule has 0 saturated carbocycles. The van der Waals surface area contributed by atoms with Gasteiger partial charge in [-0.15, -0.1) is 0 Å². The summed E-state index contributed by atoms with van der Waals surface area (Å²) in [7, 11) is 0. The van der Waals surface area contributed by atoms with Gasteiger partial charge in [-0.3, -0.25) is 4.79 Å². The molecule has 0 heterocycles. The number of benzene rings is 2. The summed E-state index contributed by atoms with van der Waals surface area (Å²) in [4.78, 5) is 12.1. The van der Waals surface area contributed by atoms with E-state index in [0.29, 0.717) is 11.3 Å². The number of rotatable bonds is 4. The van der Waals surface area contributed by atoms with Crippen LogP contribution in [-0.4, -0.2) is 12.5 Å². The quantitative estimate of drug-likeness (QED) is 0.906. The van der Waals surface area contributed by atoms with Gasteiger partial charge in [0.05, 0.1) is 17.8 Å². The first-order chi connectivity index (χ1) is 10.5. The predicted molar refractivity (Wildman–Crippen MR) is 88.9 cm³/mol. The molecule has 1 amide bonds. The minimum atomic E-state index is -0.136. The molecule has 0 aliphatic carbocycles. The van der Waals surface area contributed by atoms with Crippen LogP contribution in [0.5, 0.6) is 0 Å². The highest BCUT2D eigenvalue weighted by molar-refractivity contribution is 5.95. The molecule has 2 aromatic rings. The van der Waals surface area contributed by atoms with Crippen molar-refractivity contribution in [3.05, 3.63) is 58.7 Å². The maximum absolute atomic E-state index is 12.1. The van der Waals surface area contributed by atoms with Gasteiger partial charge in [0, 0.05) is 5.69 Å². The third-order valence-corrected chi connectivity index (χ3v) is 3.43. The number of aryl methyl sites for hydroxylation is 3. The Bertz CT molecular complexity index is 721. The first-order valence-corrected chi connectivity index (χ1v) is 7.12. The number of nitrogens with one attached hydrogen (secondary N) is 2. The largest absolute Gasteiger partial charge is 0.375 e. The Hall–Kier alpha value is -2.80. The van der Waals surface area contributed by atoms with Crippen molar-refractivity contribution in [1.82, 2.24) is 0 Å². The molecule has 22 heavy (non-hydrogen) atoms. The summed E-state index contributed by atoms with van der Waals surface area (Å²) in [5.41, 5.74) is 5.31. The molecule has 4 heteroatoms. The van der Waals surface area contributed by atoms with Gasteiger partial charge in [-0.05, 0) is 44.0 Å². The van der Waals surface area contributed by atoms with Crippen LogP contribution in [-0.2, 0) is 4.79 Å². The summed E-state index contributed by atoms with van der Waals surface area (Å²) in [6.45, 7) is 6.11. The first kappa shape index (κ1) is 15.6. The van der Waals surface area contributed by atoms with Crippen LogP contribution in [0.4, 0.5) is 11.4 Å². The molecule has 0 unspecified atom stereocenters. The summed E-state index contributed by atoms with van der Waals surface area (Å²) < 4.78 is 0. The van der Waals surface area contributed by atoms with Gasteiger partial charge in [0.15, 0.2) is 0 Å². The lowest BCUT2D eigenvalue weighted by Crippen LogP contribution is -2.23. The van der Waals surface area contributed by atoms with Crippen molar-refractivity contribution >= 4 is 17.3 Å². The molecule has 0 aromatic heterocycles. The Morgan fingerprint density at radius 1 is 1.14 bits per heavy atom. The molecular formula is C18H19N3O. The number of nitriles is 1. The van der Waals surface area contributed by atoms with Gasteiger partial charge < -0.3 is 10.6 Å². The fourth-order valence-electron chi connectivity index (χ4n) is 2.47. The van der Waals surface area contributed by atoms with Crippen LogP contribution in [0.25, 0.3) is 0 Å². The van der Waals surface area contributed by atoms with Gasteiger partial charge >= 0.3 is 0 Å². The van der Waals surface area contributed by atoms with Gasteiger partial charge in [-0.1, -0.05) is 29.8 Å². The Balaban J connectivity index is 2.04. The maximum atomic E-state index is 12.1. The summed E-state index contributed by atoms with van der Waals surface area (Å²) in [5.74, 6) is -0.136. The van der Waals surface area contributed by atoms with Crippen LogP contribution in [0.3, 0.4) is 0 Å². The normalized spacial score (nSPS) is 9.91. The van der Waals surface area contributed by atoms with E-state index in [9.17, 15) is 4.79 Å². The molecule has 0 atom stereocenters. The van der Waals surface area contributed by atoms with E-state index < -0.39 is 0 Å². The second-order valence-corrected chi connectivity index (χ2v) is 5.33. The van der Waals surface area contributed by atoms with E-state index in [4.69, 9.17) is 5.26 Å². The zero-order chi connectivity index (χ0) is 16.1. The molecule has 2 rings (SSSR count). The lowest BCUT2D eigenvalue weighted by atomic mass is 10.1. The van der Waals surface area contributed by atoms with E-state index in [0.717, 1.165) is 16.8 Å². The number of nitrogens with zero attached hydrogens (tertiary/aromatic N) is 1. The van der Waals surface area contributed by atoms with Gasteiger partial charge in [0.2, 0.25) is 5.91 Å². The predicted octanol–water partition coefficient (Wildman–Crippen LogP) is 3.53. The van der Waals surface area contributed by atoms with Gasteiger partial charge in [0.25, 0.3) is 0 Å². The lowest BCUT2D eigenvalue weighted by Gasteiger charge is -2.14. The monoisotopic (exact) mass is 293 g/mol. The Morgan fingerprint density at radius 3 is 2.41 bits per heavy atom. The molecule has 112 valence electrons. The fraction of sp³-hybridized carbons (Fsp3) is 0.222. The average molecular weight is 293 g/mol. The average Bonchev–Trinajstić information content (AvgIpc) is 2.49. The van der Waals surface area contributed by atoms with Crippen LogP contribution in [0.2, 0.25) is 0 Å². The molecule has 2 N–H and O–H groups in total. The third-order valence-electron chi connectivity index (χ3n) is 3.43. The van der Waals surface area contributed by atoms with Crippen molar-refractivity contribution < 1.29 is 4.79 Å². The van der Waals surface area contributed by atoms with Crippen molar-refractivity contribution in [2.45, 2.75) is 20.8 Å². The summed E-state index contributed by atoms with van der Waals surface area (Å²) in [6, 6.07) is 13.3. The van der Waals surface area contributed by atoms with E-state index in [1.165, 1.54) is 5.56 Å². The number of hydrogen-bond donors (Lipinski definition) is 2. The van der Waals surface area contributed by atoms with Crippen LogP contribution in [0.15, 0.2) is 36.4 Å². The third kappa shape index (κ3) is 3.64. The minimum Gasteiger partial charge on any atom is -0.375 e. The van der Waals surface area contributed by atoms with Crippen LogP contribution >= 0.6 is 0 Å². The molecule has 0 spiro atoms. The highest BCUT2D eigenvalue weighted by Crippen LogP contribution is 2.22. The van der Waals surface area contributed by atoms with Crippen LogP contribution in [0, 0.1) is 32.1 Å². The summed E-state index contributed by atoms with van der Waals surface area (Å²) in [5, 5.41) is 15.0. The van der Waals surface area contributed by atoms with Crippen molar-refractivity contribution in [3.8, 4) is 6.07 Å². The number of carbonyl (C=O) groups excluding carboxylic acids is 1. The zero-order valence-corrected chi connectivity index (χ0v) is 13.0. The molecule has 0 saturated heterocycles. The van der Waals surface area contributed by atoms with E-state index in [2.05, 4.69) is 16.7 Å². The number of para-hydroxylation sites is 1. The van der Waals surface area contributed by atoms with Gasteiger partial charge in [0.1, 0.15) is 6.07 Å². The number of carbonyl (C=O) groups is 1. The topological polar surface area (TPSA) is 64.9 Å². The Morgan fingerprint density at radius 2 is 1.77 bits per heavy atom. The van der Waals surface area contributed by atoms with Crippen molar-refractivity contribution in [3.63, 3.8) is 0 Å². The summed E-state index contributed by atoms with van der Waals surface area (Å²) in [6.07, 6.45) is 0. The van der Waals surface area contributed by atoms with Gasteiger partial charge in [-0.25, -0.2) is 0 Å². The molecule has 0 bridgehead atoms. The van der Waals surface area contributed by atoms with E-state index in [1.54, 1.807) is 18.2 Å². The standard InChI is InChI=1S/C18H19N3O/c1-12-8-13(2)18(14(3)9-12)21-17(22)11-20-16-7-5-4-6-15(16)10-19/h4-9,20H,11H2,1-3H3,(H,21,22). The molecule has 0 aliphatic rings. The minimum absolute atomic E-state index is 0.117. The zero-order valence-electron chi connectivity index (χ0n) is 13.0.